The SMILES string of the molecule is O=C(c1ccc(Br)cc1)N(Cc1nnc(-c2ccc(Cl)cc2)o1)C1CC1. The van der Waals surface area contributed by atoms with Crippen molar-refractivity contribution in [2.24, 2.45) is 0 Å². The number of carbonyl (C=O) groups excluding carboxylic acids is 1. The molecule has 1 amide bonds. The predicted molar refractivity (Wildman–Crippen MR) is 102 cm³/mol. The van der Waals surface area contributed by atoms with Crippen LogP contribution in [-0.2, 0) is 6.54 Å². The van der Waals surface area contributed by atoms with Gasteiger partial charge in [0.15, 0.2) is 0 Å². The lowest BCUT2D eigenvalue weighted by Crippen LogP contribution is -2.32. The van der Waals surface area contributed by atoms with Gasteiger partial charge in [0.25, 0.3) is 5.91 Å². The molecular formula is C19H15BrClN3O2. The topological polar surface area (TPSA) is 59.2 Å². The van der Waals surface area contributed by atoms with Crippen LogP contribution in [0, 0.1) is 0 Å². The third kappa shape index (κ3) is 3.81. The summed E-state index contributed by atoms with van der Waals surface area (Å²) in [6, 6.07) is 14.8. The molecule has 3 aromatic rings. The highest BCUT2D eigenvalue weighted by molar-refractivity contribution is 9.10. The Morgan fingerprint density at radius 3 is 2.46 bits per heavy atom. The number of halogens is 2. The van der Waals surface area contributed by atoms with Gasteiger partial charge in [0.2, 0.25) is 11.8 Å². The van der Waals surface area contributed by atoms with Gasteiger partial charge in [0, 0.05) is 26.7 Å². The maximum Gasteiger partial charge on any atom is 0.254 e. The van der Waals surface area contributed by atoms with E-state index >= 15 is 0 Å². The summed E-state index contributed by atoms with van der Waals surface area (Å²) in [5, 5.41) is 8.84. The van der Waals surface area contributed by atoms with Crippen LogP contribution in [0.1, 0.15) is 29.1 Å². The minimum absolute atomic E-state index is 0.0220. The van der Waals surface area contributed by atoms with Crippen LogP contribution < -0.4 is 0 Å². The van der Waals surface area contributed by atoms with E-state index in [0.29, 0.717) is 28.9 Å². The normalized spacial score (nSPS) is 13.6. The van der Waals surface area contributed by atoms with E-state index in [9.17, 15) is 4.79 Å². The van der Waals surface area contributed by atoms with Gasteiger partial charge in [0.05, 0.1) is 6.54 Å². The number of rotatable bonds is 5. The number of aromatic nitrogens is 2. The molecule has 0 spiro atoms. The average Bonchev–Trinajstić information content (AvgIpc) is 3.38. The molecule has 0 atom stereocenters. The number of hydrogen-bond donors (Lipinski definition) is 0. The van der Waals surface area contributed by atoms with E-state index in [1.54, 1.807) is 12.1 Å². The number of nitrogens with zero attached hydrogens (tertiary/aromatic N) is 3. The Labute approximate surface area is 164 Å². The molecular weight excluding hydrogens is 418 g/mol. The fourth-order valence-electron chi connectivity index (χ4n) is 2.68. The molecule has 0 aliphatic heterocycles. The first kappa shape index (κ1) is 17.2. The lowest BCUT2D eigenvalue weighted by Gasteiger charge is -2.20. The van der Waals surface area contributed by atoms with E-state index in [4.69, 9.17) is 16.0 Å². The van der Waals surface area contributed by atoms with Crippen molar-refractivity contribution in [2.45, 2.75) is 25.4 Å². The summed E-state index contributed by atoms with van der Waals surface area (Å²) in [4.78, 5) is 14.7. The molecule has 1 fully saturated rings. The zero-order chi connectivity index (χ0) is 18.1. The first-order valence-corrected chi connectivity index (χ1v) is 9.42. The highest BCUT2D eigenvalue weighted by Crippen LogP contribution is 2.30. The molecule has 0 unspecified atom stereocenters. The Kier molecular flexibility index (Phi) is 4.78. The van der Waals surface area contributed by atoms with Gasteiger partial charge in [-0.1, -0.05) is 27.5 Å². The van der Waals surface area contributed by atoms with E-state index in [1.165, 1.54) is 0 Å². The van der Waals surface area contributed by atoms with Crippen LogP contribution in [0.5, 0.6) is 0 Å². The van der Waals surface area contributed by atoms with Gasteiger partial charge in [-0.25, -0.2) is 0 Å². The van der Waals surface area contributed by atoms with Gasteiger partial charge >= 0.3 is 0 Å². The Balaban J connectivity index is 1.53. The summed E-state index contributed by atoms with van der Waals surface area (Å²) in [6.07, 6.45) is 2.00. The third-order valence-corrected chi connectivity index (χ3v) is 4.98. The van der Waals surface area contributed by atoms with Crippen LogP contribution >= 0.6 is 27.5 Å². The van der Waals surface area contributed by atoms with Gasteiger partial charge in [-0.15, -0.1) is 10.2 Å². The van der Waals surface area contributed by atoms with Crippen molar-refractivity contribution >= 4 is 33.4 Å². The predicted octanol–water partition coefficient (Wildman–Crippen LogP) is 4.96. The molecule has 4 rings (SSSR count). The van der Waals surface area contributed by atoms with E-state index in [-0.39, 0.29) is 11.9 Å². The summed E-state index contributed by atoms with van der Waals surface area (Å²) in [6.45, 7) is 0.306. The zero-order valence-corrected chi connectivity index (χ0v) is 16.1. The van der Waals surface area contributed by atoms with Crippen molar-refractivity contribution < 1.29 is 9.21 Å². The lowest BCUT2D eigenvalue weighted by molar-refractivity contribution is 0.0714. The minimum atomic E-state index is -0.0220. The Bertz CT molecular complexity index is 921. The van der Waals surface area contributed by atoms with Crippen molar-refractivity contribution in [3.8, 4) is 11.5 Å². The van der Waals surface area contributed by atoms with E-state index in [1.807, 2.05) is 41.3 Å². The van der Waals surface area contributed by atoms with Crippen molar-refractivity contribution in [1.29, 1.82) is 0 Å². The van der Waals surface area contributed by atoms with Crippen LogP contribution in [0.3, 0.4) is 0 Å². The Morgan fingerprint density at radius 2 is 1.81 bits per heavy atom. The van der Waals surface area contributed by atoms with Crippen molar-refractivity contribution in [2.75, 3.05) is 0 Å². The highest BCUT2D eigenvalue weighted by atomic mass is 79.9. The van der Waals surface area contributed by atoms with E-state index in [0.717, 1.165) is 22.9 Å². The van der Waals surface area contributed by atoms with Crippen molar-refractivity contribution in [3.05, 3.63) is 69.5 Å². The lowest BCUT2D eigenvalue weighted by atomic mass is 10.2. The average molecular weight is 433 g/mol. The summed E-state index contributed by atoms with van der Waals surface area (Å²) >= 11 is 9.29. The molecule has 0 saturated heterocycles. The second-order valence-corrected chi connectivity index (χ2v) is 7.53. The van der Waals surface area contributed by atoms with E-state index < -0.39 is 0 Å². The standard InChI is InChI=1S/C19H15BrClN3O2/c20-14-5-1-13(2-6-14)19(25)24(16-9-10-16)11-17-22-23-18(26-17)12-3-7-15(21)8-4-12/h1-8,16H,9-11H2. The first-order valence-electron chi connectivity index (χ1n) is 8.25. The molecule has 1 saturated carbocycles. The van der Waals surface area contributed by atoms with E-state index in [2.05, 4.69) is 26.1 Å². The summed E-state index contributed by atoms with van der Waals surface area (Å²) in [5.74, 6) is 0.821. The molecule has 5 nitrogen and oxygen atoms in total. The maximum atomic E-state index is 12.9. The smallest absolute Gasteiger partial charge is 0.254 e. The largest absolute Gasteiger partial charge is 0.419 e. The van der Waals surface area contributed by atoms with Crippen LogP contribution in [0.25, 0.3) is 11.5 Å². The van der Waals surface area contributed by atoms with Gasteiger partial charge in [-0.05, 0) is 61.4 Å². The Hall–Kier alpha value is -2.18. The van der Waals surface area contributed by atoms with Crippen LogP contribution in [0.4, 0.5) is 0 Å². The second kappa shape index (κ2) is 7.21. The van der Waals surface area contributed by atoms with Gasteiger partial charge in [0.1, 0.15) is 0 Å². The number of hydrogen-bond acceptors (Lipinski definition) is 4. The fraction of sp³-hybridized carbons (Fsp3) is 0.211. The fourth-order valence-corrected chi connectivity index (χ4v) is 3.07. The number of carbonyl (C=O) groups is 1. The molecule has 26 heavy (non-hydrogen) atoms. The summed E-state index contributed by atoms with van der Waals surface area (Å²) in [5.41, 5.74) is 1.45. The molecule has 1 aliphatic rings. The van der Waals surface area contributed by atoms with Gasteiger partial charge in [-0.2, -0.15) is 0 Å². The van der Waals surface area contributed by atoms with Crippen LogP contribution in [0.15, 0.2) is 57.4 Å². The molecule has 0 bridgehead atoms. The van der Waals surface area contributed by atoms with Gasteiger partial charge < -0.3 is 9.32 Å². The minimum Gasteiger partial charge on any atom is -0.419 e. The molecule has 0 radical (unpaired) electrons. The van der Waals surface area contributed by atoms with Crippen molar-refractivity contribution in [1.82, 2.24) is 15.1 Å². The molecule has 7 heteroatoms. The van der Waals surface area contributed by atoms with Crippen LogP contribution in [0.2, 0.25) is 5.02 Å². The van der Waals surface area contributed by atoms with Gasteiger partial charge in [-0.3, -0.25) is 4.79 Å². The summed E-state index contributed by atoms with van der Waals surface area (Å²) < 4.78 is 6.70. The zero-order valence-electron chi connectivity index (χ0n) is 13.7. The Morgan fingerprint density at radius 1 is 1.12 bits per heavy atom. The molecule has 1 aromatic heterocycles. The number of amides is 1. The van der Waals surface area contributed by atoms with Crippen molar-refractivity contribution in [3.63, 3.8) is 0 Å². The third-order valence-electron chi connectivity index (χ3n) is 4.20. The number of benzene rings is 2. The quantitative estimate of drug-likeness (QED) is 0.572. The molecule has 2 aromatic carbocycles. The molecule has 132 valence electrons. The monoisotopic (exact) mass is 431 g/mol. The first-order chi connectivity index (χ1) is 12.6. The maximum absolute atomic E-state index is 12.9. The molecule has 1 aliphatic carbocycles. The second-order valence-electron chi connectivity index (χ2n) is 6.18. The van der Waals surface area contributed by atoms with Crippen LogP contribution in [-0.4, -0.2) is 27.0 Å². The molecule has 0 N–H and O–H groups in total. The molecule has 1 heterocycles. The summed E-state index contributed by atoms with van der Waals surface area (Å²) in [7, 11) is 0. The highest BCUT2D eigenvalue weighted by Gasteiger charge is 2.34.